The van der Waals surface area contributed by atoms with Crippen LogP contribution in [-0.2, 0) is 0 Å². The lowest BCUT2D eigenvalue weighted by molar-refractivity contribution is 0.876. The molecule has 0 aliphatic carbocycles. The molecule has 0 saturated heterocycles. The SMILES string of the molecule is CC/C=C\C=C(/C)C1=NC(c2cc(C#N)c(-n3c4ccccc4c4cc5c(cc43)N(c3ccccc3)c3ccccc3S5)c(C#N)c2)C=C(c2ccccc2)N1. The maximum Gasteiger partial charge on any atom is 0.129 e. The highest BCUT2D eigenvalue weighted by Gasteiger charge is 2.29. The van der Waals surface area contributed by atoms with E-state index in [9.17, 15) is 10.5 Å². The number of rotatable bonds is 7. The molecule has 2 aliphatic heterocycles. The standard InChI is InChI=1S/C49H36N6S/c1-3-4-7-16-32(2)49-52-40(33-17-8-5-9-18-33)28-41(53-49)34-25-35(30-50)48(36(26-34)31-51)55-42-22-13-12-21-38(42)39-27-47-45(29-44(39)55)54(37-19-10-6-11-20-37)43-23-14-15-24-46(43)56-47/h4-29,41H,3H2,1-2H3,(H,52,53)/b7-4-,32-16+. The topological polar surface area (TPSA) is 80.1 Å². The Morgan fingerprint density at radius 2 is 1.46 bits per heavy atom. The quantitative estimate of drug-likeness (QED) is 0.165. The third kappa shape index (κ3) is 6.05. The van der Waals surface area contributed by atoms with E-state index in [4.69, 9.17) is 4.99 Å². The molecule has 268 valence electrons. The first-order valence-electron chi connectivity index (χ1n) is 18.7. The largest absolute Gasteiger partial charge is 0.340 e. The molecule has 1 aromatic heterocycles. The third-order valence-electron chi connectivity index (χ3n) is 10.3. The van der Waals surface area contributed by atoms with Crippen LogP contribution in [0.15, 0.2) is 178 Å². The van der Waals surface area contributed by atoms with E-state index in [1.807, 2.05) is 61.5 Å². The van der Waals surface area contributed by atoms with Crippen LogP contribution in [0.5, 0.6) is 0 Å². The van der Waals surface area contributed by atoms with Crippen LogP contribution in [0.1, 0.15) is 48.6 Å². The summed E-state index contributed by atoms with van der Waals surface area (Å²) in [6.45, 7) is 4.15. The van der Waals surface area contributed by atoms with Gasteiger partial charge in [-0.2, -0.15) is 10.5 Å². The van der Waals surface area contributed by atoms with Gasteiger partial charge in [0.15, 0.2) is 0 Å². The predicted octanol–water partition coefficient (Wildman–Crippen LogP) is 12.5. The normalized spacial score (nSPS) is 15.1. The Bertz CT molecular complexity index is 2850. The van der Waals surface area contributed by atoms with Crippen LogP contribution in [0.25, 0.3) is 33.2 Å². The molecular formula is C49H36N6S. The second kappa shape index (κ2) is 14.6. The highest BCUT2D eigenvalue weighted by molar-refractivity contribution is 7.99. The Labute approximate surface area is 330 Å². The molecule has 7 aromatic rings. The second-order valence-electron chi connectivity index (χ2n) is 13.8. The summed E-state index contributed by atoms with van der Waals surface area (Å²) in [6.07, 6.45) is 9.23. The number of fused-ring (bicyclic) bond motifs is 5. The maximum atomic E-state index is 10.9. The van der Waals surface area contributed by atoms with E-state index in [2.05, 4.69) is 137 Å². The Kier molecular flexibility index (Phi) is 9.07. The Hall–Kier alpha value is -7.06. The zero-order valence-corrected chi connectivity index (χ0v) is 31.8. The molecule has 0 saturated carbocycles. The van der Waals surface area contributed by atoms with E-state index < -0.39 is 6.04 Å². The summed E-state index contributed by atoms with van der Waals surface area (Å²) in [6, 6.07) is 50.1. The van der Waals surface area contributed by atoms with E-state index in [-0.39, 0.29) is 0 Å². The van der Waals surface area contributed by atoms with Crippen LogP contribution in [0.4, 0.5) is 17.1 Å². The molecule has 0 fully saturated rings. The maximum absolute atomic E-state index is 10.9. The van der Waals surface area contributed by atoms with Crippen LogP contribution in [0.3, 0.4) is 0 Å². The Balaban J connectivity index is 1.25. The summed E-state index contributed by atoms with van der Waals surface area (Å²) < 4.78 is 2.11. The number of nitriles is 2. The van der Waals surface area contributed by atoms with Crippen molar-refractivity contribution in [2.24, 2.45) is 4.99 Å². The van der Waals surface area contributed by atoms with E-state index in [1.165, 1.54) is 4.90 Å². The van der Waals surface area contributed by atoms with Gasteiger partial charge in [0.2, 0.25) is 0 Å². The summed E-state index contributed by atoms with van der Waals surface area (Å²) >= 11 is 1.76. The lowest BCUT2D eigenvalue weighted by Gasteiger charge is -2.33. The van der Waals surface area contributed by atoms with E-state index in [1.54, 1.807) is 11.8 Å². The molecule has 3 heterocycles. The lowest BCUT2D eigenvalue weighted by Crippen LogP contribution is -2.27. The Morgan fingerprint density at radius 3 is 2.21 bits per heavy atom. The molecule has 0 amide bonds. The molecule has 56 heavy (non-hydrogen) atoms. The number of amidine groups is 1. The number of benzene rings is 6. The van der Waals surface area contributed by atoms with Gasteiger partial charge in [-0.25, -0.2) is 0 Å². The molecule has 6 aromatic carbocycles. The molecule has 1 unspecified atom stereocenters. The third-order valence-corrected chi connectivity index (χ3v) is 11.4. The molecule has 1 N–H and O–H groups in total. The molecule has 6 nitrogen and oxygen atoms in total. The van der Waals surface area contributed by atoms with Gasteiger partial charge in [-0.1, -0.05) is 116 Å². The summed E-state index contributed by atoms with van der Waals surface area (Å²) in [5.74, 6) is 0.743. The van der Waals surface area contributed by atoms with Gasteiger partial charge in [-0.05, 0) is 90.7 Å². The monoisotopic (exact) mass is 740 g/mol. The van der Waals surface area contributed by atoms with Gasteiger partial charge in [-0.15, -0.1) is 0 Å². The summed E-state index contributed by atoms with van der Waals surface area (Å²) in [5, 5.41) is 27.5. The van der Waals surface area contributed by atoms with E-state index in [0.717, 1.165) is 78.4 Å². The van der Waals surface area contributed by atoms with E-state index >= 15 is 0 Å². The van der Waals surface area contributed by atoms with Crippen LogP contribution < -0.4 is 10.2 Å². The van der Waals surface area contributed by atoms with Crippen molar-refractivity contribution in [3.05, 3.63) is 186 Å². The zero-order valence-electron chi connectivity index (χ0n) is 30.9. The number of para-hydroxylation sites is 3. The van der Waals surface area contributed by atoms with Gasteiger partial charge < -0.3 is 14.8 Å². The summed E-state index contributed by atoms with van der Waals surface area (Å²) in [7, 11) is 0. The first-order valence-corrected chi connectivity index (χ1v) is 19.5. The molecule has 9 rings (SSSR count). The summed E-state index contributed by atoms with van der Waals surface area (Å²) in [5.41, 5.74) is 10.1. The van der Waals surface area contributed by atoms with Gasteiger partial charge in [0, 0.05) is 31.9 Å². The van der Waals surface area contributed by atoms with Crippen molar-refractivity contribution >= 4 is 62.2 Å². The number of anilines is 3. The predicted molar refractivity (Wildman–Crippen MR) is 230 cm³/mol. The number of nitrogens with zero attached hydrogens (tertiary/aromatic N) is 5. The number of allylic oxidation sites excluding steroid dienone is 3. The number of hydrogen-bond acceptors (Lipinski definition) is 6. The van der Waals surface area contributed by atoms with Crippen molar-refractivity contribution in [3.8, 4) is 17.8 Å². The average molecular weight is 741 g/mol. The van der Waals surface area contributed by atoms with Crippen LogP contribution in [0.2, 0.25) is 0 Å². The van der Waals surface area contributed by atoms with Gasteiger partial charge in [-0.3, -0.25) is 4.99 Å². The van der Waals surface area contributed by atoms with Crippen molar-refractivity contribution < 1.29 is 0 Å². The van der Waals surface area contributed by atoms with Crippen molar-refractivity contribution in [1.82, 2.24) is 9.88 Å². The molecule has 7 heteroatoms. The highest BCUT2D eigenvalue weighted by atomic mass is 32.2. The number of nitrogens with one attached hydrogen (secondary N) is 1. The van der Waals surface area contributed by atoms with Crippen molar-refractivity contribution in [2.45, 2.75) is 36.1 Å². The van der Waals surface area contributed by atoms with Crippen LogP contribution in [0, 0.1) is 22.7 Å². The van der Waals surface area contributed by atoms with Crippen LogP contribution >= 0.6 is 11.8 Å². The van der Waals surface area contributed by atoms with Crippen LogP contribution in [-0.4, -0.2) is 10.4 Å². The van der Waals surface area contributed by atoms with E-state index in [0.29, 0.717) is 16.8 Å². The fourth-order valence-electron chi connectivity index (χ4n) is 7.67. The number of aliphatic imine (C=N–C) groups is 1. The van der Waals surface area contributed by atoms with Crippen molar-refractivity contribution in [3.63, 3.8) is 0 Å². The zero-order chi connectivity index (χ0) is 38.2. The highest BCUT2D eigenvalue weighted by Crippen LogP contribution is 2.53. The second-order valence-corrected chi connectivity index (χ2v) is 14.9. The van der Waals surface area contributed by atoms with Gasteiger partial charge in [0.05, 0.1) is 45.3 Å². The lowest BCUT2D eigenvalue weighted by atomic mass is 9.96. The smallest absolute Gasteiger partial charge is 0.129 e. The molecule has 1 atom stereocenters. The first-order chi connectivity index (χ1) is 27.6. The Morgan fingerprint density at radius 1 is 0.768 bits per heavy atom. The van der Waals surface area contributed by atoms with Crippen molar-refractivity contribution in [2.75, 3.05) is 4.90 Å². The molecular weight excluding hydrogens is 705 g/mol. The number of hydrogen-bond donors (Lipinski definition) is 1. The average Bonchev–Trinajstić information content (AvgIpc) is 3.57. The minimum atomic E-state index is -0.435. The molecule has 0 spiro atoms. The minimum Gasteiger partial charge on any atom is -0.340 e. The van der Waals surface area contributed by atoms with Gasteiger partial charge in [0.25, 0.3) is 0 Å². The minimum absolute atomic E-state index is 0.405. The molecule has 0 bridgehead atoms. The van der Waals surface area contributed by atoms with Crippen molar-refractivity contribution in [1.29, 1.82) is 10.5 Å². The van der Waals surface area contributed by atoms with Gasteiger partial charge >= 0.3 is 0 Å². The fourth-order valence-corrected chi connectivity index (χ4v) is 8.75. The number of aromatic nitrogens is 1. The van der Waals surface area contributed by atoms with Gasteiger partial charge in [0.1, 0.15) is 18.0 Å². The summed E-state index contributed by atoms with van der Waals surface area (Å²) in [4.78, 5) is 9.76. The molecule has 2 aliphatic rings. The fraction of sp³-hybridized carbons (Fsp3) is 0.0816. The molecule has 0 radical (unpaired) electrons. The first kappa shape index (κ1) is 34.7.